The predicted molar refractivity (Wildman–Crippen MR) is 112 cm³/mol. The molecule has 0 radical (unpaired) electrons. The summed E-state index contributed by atoms with van der Waals surface area (Å²) >= 11 is 0. The number of halogens is 1. The van der Waals surface area contributed by atoms with Gasteiger partial charge in [0.1, 0.15) is 23.8 Å². The summed E-state index contributed by atoms with van der Waals surface area (Å²) in [5.41, 5.74) is 5.60. The van der Waals surface area contributed by atoms with Gasteiger partial charge in [0.15, 0.2) is 0 Å². The molecule has 0 aliphatic carbocycles. The Hall–Kier alpha value is -3.35. The van der Waals surface area contributed by atoms with Gasteiger partial charge in [-0.1, -0.05) is 6.08 Å². The van der Waals surface area contributed by atoms with E-state index in [-0.39, 0.29) is 1.43 Å². The number of nitrogens with one attached hydrogen (secondary N) is 1. The molecule has 1 unspecified atom stereocenters. The molecule has 0 aliphatic rings. The number of aliphatic imine (C=N–C) groups is 1. The monoisotopic (exact) mass is 378 g/mol. The van der Waals surface area contributed by atoms with Crippen molar-refractivity contribution >= 4 is 28.5 Å². The van der Waals surface area contributed by atoms with Gasteiger partial charge in [-0.05, 0) is 32.9 Å². The molecule has 0 fully saturated rings. The smallest absolute Gasteiger partial charge is 0.141 e. The maximum atomic E-state index is 13.9. The molecule has 1 N–H and O–H groups in total. The molecule has 7 heteroatoms. The first-order chi connectivity index (χ1) is 13.6. The fourth-order valence-corrected chi connectivity index (χ4v) is 3.32. The highest BCUT2D eigenvalue weighted by Crippen LogP contribution is 2.32. The molecule has 4 heterocycles. The van der Waals surface area contributed by atoms with Crippen molar-refractivity contribution in [2.45, 2.75) is 26.9 Å². The van der Waals surface area contributed by atoms with E-state index in [4.69, 9.17) is 0 Å². The molecule has 1 atom stereocenters. The van der Waals surface area contributed by atoms with Crippen LogP contribution < -0.4 is 0 Å². The molecule has 0 saturated carbocycles. The van der Waals surface area contributed by atoms with Crippen LogP contribution in [-0.4, -0.2) is 37.1 Å². The largest absolute Gasteiger partial charge is 0.345 e. The van der Waals surface area contributed by atoms with Crippen LogP contribution in [0.2, 0.25) is 0 Å². The highest BCUT2D eigenvalue weighted by Gasteiger charge is 2.16. The average molecular weight is 378 g/mol. The average Bonchev–Trinajstić information content (AvgIpc) is 3.32. The summed E-state index contributed by atoms with van der Waals surface area (Å²) < 4.78 is 15.7. The fourth-order valence-electron chi connectivity index (χ4n) is 3.32. The molecule has 6 nitrogen and oxygen atoms in total. The number of pyridine rings is 1. The van der Waals surface area contributed by atoms with Gasteiger partial charge < -0.3 is 9.38 Å². The van der Waals surface area contributed by atoms with Gasteiger partial charge in [0.2, 0.25) is 0 Å². The number of alkyl halides is 1. The van der Waals surface area contributed by atoms with Crippen LogP contribution in [-0.2, 0) is 0 Å². The Labute approximate surface area is 163 Å². The first kappa shape index (κ1) is 18.0. The molecule has 0 aromatic carbocycles. The van der Waals surface area contributed by atoms with Crippen molar-refractivity contribution in [1.82, 2.24) is 24.3 Å². The molecule has 0 spiro atoms. The minimum Gasteiger partial charge on any atom is -0.345 e. The molecule has 0 bridgehead atoms. The lowest BCUT2D eigenvalue weighted by Crippen LogP contribution is -1.96. The second-order valence-electron chi connectivity index (χ2n) is 6.47. The van der Waals surface area contributed by atoms with E-state index >= 15 is 0 Å². The van der Waals surface area contributed by atoms with Gasteiger partial charge in [-0.2, -0.15) is 0 Å². The summed E-state index contributed by atoms with van der Waals surface area (Å²) in [5, 5.41) is 0.910. The fraction of sp³-hybridized carbons (Fsp3) is 0.238. The zero-order valence-corrected chi connectivity index (χ0v) is 16.0. The molecule has 0 amide bonds. The number of H-pyrrole nitrogens is 1. The Morgan fingerprint density at radius 3 is 2.96 bits per heavy atom. The Morgan fingerprint density at radius 1 is 1.36 bits per heavy atom. The van der Waals surface area contributed by atoms with Crippen molar-refractivity contribution < 1.29 is 5.82 Å². The summed E-state index contributed by atoms with van der Waals surface area (Å²) in [7, 11) is 0. The number of aromatic amines is 1. The van der Waals surface area contributed by atoms with Crippen LogP contribution >= 0.6 is 0 Å². The molecule has 28 heavy (non-hydrogen) atoms. The lowest BCUT2D eigenvalue weighted by atomic mass is 10.0. The summed E-state index contributed by atoms with van der Waals surface area (Å²) in [5.74, 6) is 0. The number of aromatic nitrogens is 5. The Bertz CT molecular complexity index is 1200. The first-order valence-electron chi connectivity index (χ1n) is 9.24. The van der Waals surface area contributed by atoms with Crippen molar-refractivity contribution in [2.75, 3.05) is 6.54 Å². The van der Waals surface area contributed by atoms with E-state index in [1.807, 2.05) is 50.7 Å². The second-order valence-corrected chi connectivity index (χ2v) is 6.47. The lowest BCUT2D eigenvalue weighted by molar-refractivity contribution is 0.364. The maximum Gasteiger partial charge on any atom is 0.141 e. The summed E-state index contributed by atoms with van der Waals surface area (Å²) in [6.45, 7) is 6.17. The standard InChI is InChI=1S/C21H21FN6.H2/c1-4-14(8-23-5-2)20-19-16(9-25-21(19)27-12-26-20)15-6-7-18-24-10-17(13(3)22)28(18)11-15;/h4,6-13H,5H2,1-3H3,(H,25,26,27);1H/b14-4+,23-8?;. The highest BCUT2D eigenvalue weighted by atomic mass is 19.1. The van der Waals surface area contributed by atoms with Crippen molar-refractivity contribution in [3.8, 4) is 11.1 Å². The van der Waals surface area contributed by atoms with Crippen LogP contribution in [0.3, 0.4) is 0 Å². The minimum absolute atomic E-state index is 0. The first-order valence-corrected chi connectivity index (χ1v) is 9.24. The molecular weight excluding hydrogens is 355 g/mol. The summed E-state index contributed by atoms with van der Waals surface area (Å²) in [6, 6.07) is 3.86. The number of nitrogens with zero attached hydrogens (tertiary/aromatic N) is 5. The van der Waals surface area contributed by atoms with Crippen molar-refractivity contribution in [3.05, 3.63) is 54.5 Å². The number of hydrogen-bond acceptors (Lipinski definition) is 4. The highest BCUT2D eigenvalue weighted by molar-refractivity contribution is 6.15. The molecule has 4 rings (SSSR count). The Balaban J connectivity index is 0.00000240. The quantitative estimate of drug-likeness (QED) is 0.494. The SMILES string of the molecule is C/C=C(\C=NCC)c1ncnc2[nH]cc(-c3ccc4ncc(C(C)F)n4c3)c12.[HH]. The van der Waals surface area contributed by atoms with Gasteiger partial charge in [0, 0.05) is 43.3 Å². The van der Waals surface area contributed by atoms with E-state index in [1.165, 1.54) is 6.92 Å². The van der Waals surface area contributed by atoms with Gasteiger partial charge >= 0.3 is 0 Å². The van der Waals surface area contributed by atoms with Crippen LogP contribution in [0, 0.1) is 0 Å². The number of allylic oxidation sites excluding steroid dienone is 2. The van der Waals surface area contributed by atoms with Crippen molar-refractivity contribution in [2.24, 2.45) is 4.99 Å². The van der Waals surface area contributed by atoms with Crippen LogP contribution in [0.4, 0.5) is 4.39 Å². The lowest BCUT2D eigenvalue weighted by Gasteiger charge is -2.08. The number of rotatable bonds is 5. The van der Waals surface area contributed by atoms with E-state index < -0.39 is 6.17 Å². The zero-order valence-electron chi connectivity index (χ0n) is 16.0. The number of imidazole rings is 1. The van der Waals surface area contributed by atoms with Crippen LogP contribution in [0.5, 0.6) is 0 Å². The van der Waals surface area contributed by atoms with Crippen molar-refractivity contribution in [3.63, 3.8) is 0 Å². The second kappa shape index (κ2) is 7.34. The van der Waals surface area contributed by atoms with Gasteiger partial charge in [-0.15, -0.1) is 0 Å². The minimum atomic E-state index is -1.10. The molecular formula is C21H23FN6. The van der Waals surface area contributed by atoms with E-state index in [9.17, 15) is 4.39 Å². The van der Waals surface area contributed by atoms with Crippen molar-refractivity contribution in [1.29, 1.82) is 0 Å². The van der Waals surface area contributed by atoms with Crippen LogP contribution in [0.25, 0.3) is 33.4 Å². The third-order valence-electron chi connectivity index (χ3n) is 4.72. The molecule has 4 aromatic rings. The molecule has 0 saturated heterocycles. The summed E-state index contributed by atoms with van der Waals surface area (Å²) in [4.78, 5) is 20.7. The van der Waals surface area contributed by atoms with E-state index in [0.29, 0.717) is 17.9 Å². The molecule has 0 aliphatic heterocycles. The predicted octanol–water partition coefficient (Wildman–Crippen LogP) is 5.04. The van der Waals surface area contributed by atoms with E-state index in [0.717, 1.165) is 33.4 Å². The van der Waals surface area contributed by atoms with Crippen LogP contribution in [0.15, 0.2) is 48.1 Å². The third kappa shape index (κ3) is 2.98. The van der Waals surface area contributed by atoms with Gasteiger partial charge in [-0.3, -0.25) is 4.99 Å². The van der Waals surface area contributed by atoms with Gasteiger partial charge in [-0.25, -0.2) is 19.3 Å². The number of hydrogen-bond donors (Lipinski definition) is 1. The van der Waals surface area contributed by atoms with Crippen LogP contribution in [0.1, 0.15) is 39.8 Å². The Kier molecular flexibility index (Phi) is 4.73. The summed E-state index contributed by atoms with van der Waals surface area (Å²) in [6.07, 6.45) is 9.65. The molecule has 144 valence electrons. The van der Waals surface area contributed by atoms with Gasteiger partial charge in [0.05, 0.1) is 23.0 Å². The third-order valence-corrected chi connectivity index (χ3v) is 4.72. The Morgan fingerprint density at radius 2 is 2.21 bits per heavy atom. The van der Waals surface area contributed by atoms with E-state index in [1.54, 1.807) is 16.9 Å². The van der Waals surface area contributed by atoms with E-state index in [2.05, 4.69) is 24.9 Å². The number of fused-ring (bicyclic) bond motifs is 2. The maximum absolute atomic E-state index is 13.9. The molecule has 4 aromatic heterocycles. The topological polar surface area (TPSA) is 71.2 Å². The zero-order chi connectivity index (χ0) is 19.7. The van der Waals surface area contributed by atoms with Gasteiger partial charge in [0.25, 0.3) is 0 Å². The normalized spacial score (nSPS) is 13.8.